The molecule has 0 spiro atoms. The molecule has 1 unspecified atom stereocenters. The van der Waals surface area contributed by atoms with Gasteiger partial charge >= 0.3 is 11.9 Å². The summed E-state index contributed by atoms with van der Waals surface area (Å²) in [7, 11) is 0. The van der Waals surface area contributed by atoms with Crippen molar-refractivity contribution < 1.29 is 24.2 Å². The van der Waals surface area contributed by atoms with Crippen LogP contribution in [-0.2, 0) is 19.1 Å². The molecule has 0 rings (SSSR count). The summed E-state index contributed by atoms with van der Waals surface area (Å²) < 4.78 is 9.50. The zero-order valence-electron chi connectivity index (χ0n) is 9.90. The molecule has 0 aliphatic heterocycles. The van der Waals surface area contributed by atoms with Crippen LogP contribution in [0, 0.1) is 0 Å². The number of aliphatic hydroxyl groups excluding tert-OH is 1. The maximum Gasteiger partial charge on any atom is 0.308 e. The zero-order valence-corrected chi connectivity index (χ0v) is 9.90. The minimum Gasteiger partial charge on any atom is -0.466 e. The second-order valence-corrected chi connectivity index (χ2v) is 3.42. The van der Waals surface area contributed by atoms with Crippen molar-refractivity contribution in [2.45, 2.75) is 45.6 Å². The van der Waals surface area contributed by atoms with E-state index >= 15 is 0 Å². The second kappa shape index (κ2) is 9.15. The van der Waals surface area contributed by atoms with Crippen LogP contribution in [0.2, 0.25) is 0 Å². The van der Waals surface area contributed by atoms with Crippen molar-refractivity contribution in [1.82, 2.24) is 0 Å². The number of rotatable bonds is 8. The molecule has 0 heterocycles. The topological polar surface area (TPSA) is 72.8 Å². The highest BCUT2D eigenvalue weighted by Crippen LogP contribution is 2.04. The van der Waals surface area contributed by atoms with Gasteiger partial charge in [-0.05, 0) is 19.8 Å². The highest BCUT2D eigenvalue weighted by atomic mass is 16.5. The van der Waals surface area contributed by atoms with Crippen LogP contribution in [0.25, 0.3) is 0 Å². The van der Waals surface area contributed by atoms with E-state index in [4.69, 9.17) is 9.47 Å². The molecule has 1 atom stereocenters. The predicted octanol–water partition coefficient (Wildman–Crippen LogP) is 1.03. The van der Waals surface area contributed by atoms with Crippen LogP contribution in [0.3, 0.4) is 0 Å². The van der Waals surface area contributed by atoms with Crippen LogP contribution < -0.4 is 0 Å². The van der Waals surface area contributed by atoms with Gasteiger partial charge in [-0.2, -0.15) is 0 Å². The highest BCUT2D eigenvalue weighted by Gasteiger charge is 2.13. The largest absolute Gasteiger partial charge is 0.466 e. The minimum absolute atomic E-state index is 0.0700. The van der Waals surface area contributed by atoms with Crippen molar-refractivity contribution >= 4 is 11.9 Å². The van der Waals surface area contributed by atoms with E-state index in [0.29, 0.717) is 13.2 Å². The van der Waals surface area contributed by atoms with Gasteiger partial charge in [-0.25, -0.2) is 0 Å². The van der Waals surface area contributed by atoms with E-state index in [2.05, 4.69) is 0 Å². The normalized spacial score (nSPS) is 11.9. The third-order valence-corrected chi connectivity index (χ3v) is 1.86. The molecule has 0 radical (unpaired) electrons. The summed E-state index contributed by atoms with van der Waals surface area (Å²) in [4.78, 5) is 22.0. The lowest BCUT2D eigenvalue weighted by atomic mass is 10.1. The van der Waals surface area contributed by atoms with E-state index in [1.54, 1.807) is 6.92 Å². The average Bonchev–Trinajstić information content (AvgIpc) is 2.24. The van der Waals surface area contributed by atoms with E-state index in [9.17, 15) is 14.7 Å². The molecule has 0 aliphatic carbocycles. The SMILES string of the molecule is CCCOC(=O)CC(O)CCC(=O)OCC. The molecule has 0 aliphatic rings. The third-order valence-electron chi connectivity index (χ3n) is 1.86. The Hall–Kier alpha value is -1.10. The van der Waals surface area contributed by atoms with Crippen molar-refractivity contribution in [3.63, 3.8) is 0 Å². The summed E-state index contributed by atoms with van der Waals surface area (Å²) in [5.74, 6) is -0.790. The number of aliphatic hydroxyl groups is 1. The summed E-state index contributed by atoms with van der Waals surface area (Å²) in [5.41, 5.74) is 0. The van der Waals surface area contributed by atoms with Gasteiger partial charge in [0.1, 0.15) is 0 Å². The van der Waals surface area contributed by atoms with Gasteiger partial charge in [0.15, 0.2) is 0 Å². The molecular formula is C11H20O5. The first-order valence-electron chi connectivity index (χ1n) is 5.59. The molecule has 5 nitrogen and oxygen atoms in total. The van der Waals surface area contributed by atoms with Crippen molar-refractivity contribution in [1.29, 1.82) is 0 Å². The zero-order chi connectivity index (χ0) is 12.4. The summed E-state index contributed by atoms with van der Waals surface area (Å²) >= 11 is 0. The van der Waals surface area contributed by atoms with E-state index < -0.39 is 12.1 Å². The molecule has 0 aromatic carbocycles. The summed E-state index contributed by atoms with van der Waals surface area (Å²) in [6, 6.07) is 0. The molecule has 0 aromatic heterocycles. The Kier molecular flexibility index (Phi) is 8.52. The number of hydrogen-bond donors (Lipinski definition) is 1. The standard InChI is InChI=1S/C11H20O5/c1-3-7-16-11(14)8-9(12)5-6-10(13)15-4-2/h9,12H,3-8H2,1-2H3. The van der Waals surface area contributed by atoms with Gasteiger partial charge in [0.05, 0.1) is 25.7 Å². The molecule has 94 valence electrons. The summed E-state index contributed by atoms with van der Waals surface area (Å²) in [5, 5.41) is 9.43. The summed E-state index contributed by atoms with van der Waals surface area (Å²) in [6.45, 7) is 4.30. The van der Waals surface area contributed by atoms with Crippen LogP contribution in [0.4, 0.5) is 0 Å². The van der Waals surface area contributed by atoms with Crippen LogP contribution in [0.15, 0.2) is 0 Å². The lowest BCUT2D eigenvalue weighted by molar-refractivity contribution is -0.148. The van der Waals surface area contributed by atoms with Gasteiger partial charge in [0, 0.05) is 6.42 Å². The fourth-order valence-corrected chi connectivity index (χ4v) is 1.09. The molecule has 0 saturated heterocycles. The number of ether oxygens (including phenoxy) is 2. The minimum atomic E-state index is -0.839. The molecule has 0 saturated carbocycles. The number of carbonyl (C=O) groups excluding carboxylic acids is 2. The Labute approximate surface area is 95.7 Å². The Morgan fingerprint density at radius 3 is 2.44 bits per heavy atom. The first kappa shape index (κ1) is 14.9. The Morgan fingerprint density at radius 1 is 1.19 bits per heavy atom. The molecule has 0 bridgehead atoms. The van der Waals surface area contributed by atoms with Gasteiger partial charge in [0.25, 0.3) is 0 Å². The van der Waals surface area contributed by atoms with E-state index in [-0.39, 0.29) is 25.2 Å². The maximum absolute atomic E-state index is 11.1. The first-order chi connectivity index (χ1) is 7.60. The molecule has 0 amide bonds. The van der Waals surface area contributed by atoms with E-state index in [0.717, 1.165) is 6.42 Å². The number of hydrogen-bond acceptors (Lipinski definition) is 5. The van der Waals surface area contributed by atoms with Crippen molar-refractivity contribution in [3.8, 4) is 0 Å². The smallest absolute Gasteiger partial charge is 0.308 e. The first-order valence-corrected chi connectivity index (χ1v) is 5.59. The van der Waals surface area contributed by atoms with Crippen molar-refractivity contribution in [3.05, 3.63) is 0 Å². The van der Waals surface area contributed by atoms with E-state index in [1.807, 2.05) is 6.92 Å². The fraction of sp³-hybridized carbons (Fsp3) is 0.818. The molecule has 0 fully saturated rings. The molecule has 0 aromatic rings. The molecular weight excluding hydrogens is 212 g/mol. The maximum atomic E-state index is 11.1. The number of esters is 2. The highest BCUT2D eigenvalue weighted by molar-refractivity contribution is 5.71. The lowest BCUT2D eigenvalue weighted by Gasteiger charge is -2.09. The van der Waals surface area contributed by atoms with Gasteiger partial charge in [-0.3, -0.25) is 9.59 Å². The molecule has 5 heteroatoms. The molecule has 1 N–H and O–H groups in total. The predicted molar refractivity (Wildman–Crippen MR) is 57.7 cm³/mol. The Bertz CT molecular complexity index is 214. The monoisotopic (exact) mass is 232 g/mol. The summed E-state index contributed by atoms with van der Waals surface area (Å²) in [6.07, 6.45) is 0.189. The lowest BCUT2D eigenvalue weighted by Crippen LogP contribution is -2.18. The van der Waals surface area contributed by atoms with Gasteiger partial charge < -0.3 is 14.6 Å². The van der Waals surface area contributed by atoms with Crippen LogP contribution in [-0.4, -0.2) is 36.4 Å². The van der Waals surface area contributed by atoms with Gasteiger partial charge in [-0.15, -0.1) is 0 Å². The second-order valence-electron chi connectivity index (χ2n) is 3.42. The van der Waals surface area contributed by atoms with Gasteiger partial charge in [0.2, 0.25) is 0 Å². The van der Waals surface area contributed by atoms with Crippen LogP contribution in [0.5, 0.6) is 0 Å². The Morgan fingerprint density at radius 2 is 1.88 bits per heavy atom. The third kappa shape index (κ3) is 8.23. The number of carbonyl (C=O) groups is 2. The van der Waals surface area contributed by atoms with Crippen LogP contribution in [0.1, 0.15) is 39.5 Å². The van der Waals surface area contributed by atoms with Crippen molar-refractivity contribution in [2.75, 3.05) is 13.2 Å². The molecule has 16 heavy (non-hydrogen) atoms. The van der Waals surface area contributed by atoms with E-state index in [1.165, 1.54) is 0 Å². The van der Waals surface area contributed by atoms with Gasteiger partial charge in [-0.1, -0.05) is 6.92 Å². The Balaban J connectivity index is 3.61. The van der Waals surface area contributed by atoms with Crippen molar-refractivity contribution in [2.24, 2.45) is 0 Å². The average molecular weight is 232 g/mol. The van der Waals surface area contributed by atoms with Crippen LogP contribution >= 0.6 is 0 Å². The quantitative estimate of drug-likeness (QED) is 0.633. The fourth-order valence-electron chi connectivity index (χ4n) is 1.09.